The second kappa shape index (κ2) is 6.65. The van der Waals surface area contributed by atoms with Crippen molar-refractivity contribution in [1.82, 2.24) is 20.2 Å². The van der Waals surface area contributed by atoms with Gasteiger partial charge in [-0.15, -0.1) is 5.10 Å². The fourth-order valence-corrected chi connectivity index (χ4v) is 2.74. The van der Waals surface area contributed by atoms with Gasteiger partial charge in [0.15, 0.2) is 5.78 Å². The lowest BCUT2D eigenvalue weighted by Gasteiger charge is -2.02. The van der Waals surface area contributed by atoms with Crippen molar-refractivity contribution in [2.75, 3.05) is 18.1 Å². The number of Topliss-reactive ketones (excluding diaryl/α,β-unsaturated/α-hetero) is 1. The van der Waals surface area contributed by atoms with Gasteiger partial charge in [0, 0.05) is 5.69 Å². The Balaban J connectivity index is 2.13. The molecular formula is C13H17N5O3S. The van der Waals surface area contributed by atoms with Crippen LogP contribution >= 0.6 is 11.8 Å². The van der Waals surface area contributed by atoms with E-state index in [1.807, 2.05) is 0 Å². The van der Waals surface area contributed by atoms with Crippen molar-refractivity contribution >= 4 is 29.5 Å². The van der Waals surface area contributed by atoms with Gasteiger partial charge in [0.05, 0.1) is 23.6 Å². The first-order valence-electron chi connectivity index (χ1n) is 6.64. The average molecular weight is 323 g/mol. The van der Waals surface area contributed by atoms with Gasteiger partial charge < -0.3 is 15.5 Å². The maximum absolute atomic E-state index is 12.3. The molecule has 0 spiro atoms. The zero-order valence-corrected chi connectivity index (χ0v) is 13.3. The Kier molecular flexibility index (Phi) is 4.86. The Morgan fingerprint density at radius 1 is 1.36 bits per heavy atom. The fraction of sp³-hybridized carbons (Fsp3) is 0.385. The third-order valence-corrected chi connectivity index (χ3v) is 3.86. The summed E-state index contributed by atoms with van der Waals surface area (Å²) in [5.74, 6) is -0.237. The molecule has 4 N–H and O–H groups in total. The largest absolute Gasteiger partial charge is 0.462 e. The van der Waals surface area contributed by atoms with Crippen LogP contribution in [0, 0.1) is 13.8 Å². The van der Waals surface area contributed by atoms with E-state index in [0.29, 0.717) is 27.7 Å². The van der Waals surface area contributed by atoms with Gasteiger partial charge in [0.2, 0.25) is 11.1 Å². The topological polar surface area (TPSA) is 127 Å². The molecule has 2 heterocycles. The Morgan fingerprint density at radius 3 is 2.68 bits per heavy atom. The number of aromatic nitrogens is 4. The van der Waals surface area contributed by atoms with Gasteiger partial charge in [0.1, 0.15) is 0 Å². The van der Waals surface area contributed by atoms with Crippen LogP contribution in [-0.4, -0.2) is 44.3 Å². The molecule has 0 saturated carbocycles. The molecule has 8 nitrogen and oxygen atoms in total. The van der Waals surface area contributed by atoms with E-state index in [9.17, 15) is 9.59 Å². The lowest BCUT2D eigenvalue weighted by atomic mass is 10.1. The number of anilines is 1. The van der Waals surface area contributed by atoms with Gasteiger partial charge in [-0.3, -0.25) is 4.79 Å². The monoisotopic (exact) mass is 323 g/mol. The number of nitrogens with zero attached hydrogens (tertiary/aromatic N) is 2. The molecule has 0 aromatic carbocycles. The molecule has 9 heteroatoms. The molecule has 22 heavy (non-hydrogen) atoms. The Morgan fingerprint density at radius 2 is 2.09 bits per heavy atom. The minimum atomic E-state index is -0.429. The van der Waals surface area contributed by atoms with Gasteiger partial charge in [-0.25, -0.2) is 9.89 Å². The first-order chi connectivity index (χ1) is 10.4. The Labute approximate surface area is 131 Å². The minimum absolute atomic E-state index is 0.139. The van der Waals surface area contributed by atoms with Crippen molar-refractivity contribution in [3.05, 3.63) is 22.5 Å². The van der Waals surface area contributed by atoms with Gasteiger partial charge in [-0.05, 0) is 26.3 Å². The van der Waals surface area contributed by atoms with Crippen LogP contribution < -0.4 is 5.73 Å². The highest BCUT2D eigenvalue weighted by atomic mass is 32.2. The molecule has 118 valence electrons. The molecule has 0 unspecified atom stereocenters. The molecule has 0 radical (unpaired) electrons. The summed E-state index contributed by atoms with van der Waals surface area (Å²) in [6.07, 6.45) is 0. The van der Waals surface area contributed by atoms with Crippen LogP contribution in [0.3, 0.4) is 0 Å². The van der Waals surface area contributed by atoms with Crippen LogP contribution in [0.15, 0.2) is 5.16 Å². The Bertz CT molecular complexity index is 707. The van der Waals surface area contributed by atoms with E-state index in [1.54, 1.807) is 20.8 Å². The number of ketones is 1. The number of carbonyl (C=O) groups is 2. The van der Waals surface area contributed by atoms with Crippen molar-refractivity contribution in [3.63, 3.8) is 0 Å². The highest BCUT2D eigenvalue weighted by Gasteiger charge is 2.23. The van der Waals surface area contributed by atoms with E-state index in [-0.39, 0.29) is 24.1 Å². The molecule has 2 rings (SSSR count). The van der Waals surface area contributed by atoms with Crippen LogP contribution in [0.1, 0.15) is 39.0 Å². The second-order valence-corrected chi connectivity index (χ2v) is 5.50. The fourth-order valence-electron chi connectivity index (χ4n) is 2.06. The highest BCUT2D eigenvalue weighted by molar-refractivity contribution is 7.99. The number of hydrogen-bond acceptors (Lipinski definition) is 7. The van der Waals surface area contributed by atoms with Crippen LogP contribution in [0.25, 0.3) is 0 Å². The molecule has 0 bridgehead atoms. The van der Waals surface area contributed by atoms with Gasteiger partial charge in [-0.1, -0.05) is 11.8 Å². The van der Waals surface area contributed by atoms with Crippen molar-refractivity contribution in [2.24, 2.45) is 0 Å². The smallest absolute Gasteiger partial charge is 0.340 e. The Hall–Kier alpha value is -2.29. The number of nitrogens with one attached hydrogen (secondary N) is 2. The summed E-state index contributed by atoms with van der Waals surface area (Å²) in [5, 5.41) is 6.75. The zero-order chi connectivity index (χ0) is 16.3. The quantitative estimate of drug-likeness (QED) is 0.417. The third-order valence-electron chi connectivity index (χ3n) is 3.01. The standard InChI is InChI=1S/C13H17N5O3S/c1-4-21-11(20)9-6(2)10(15-7(9)3)8(19)5-22-13-16-12(14)17-18-13/h15H,4-5H2,1-3H3,(H3,14,16,17,18). The van der Waals surface area contributed by atoms with E-state index >= 15 is 0 Å². The number of rotatable bonds is 6. The summed E-state index contributed by atoms with van der Waals surface area (Å²) in [5.41, 5.74) is 7.44. The van der Waals surface area contributed by atoms with Gasteiger partial charge in [0.25, 0.3) is 0 Å². The summed E-state index contributed by atoms with van der Waals surface area (Å²) in [7, 11) is 0. The molecule has 0 aliphatic heterocycles. The number of carbonyl (C=O) groups excluding carboxylic acids is 2. The molecule has 0 amide bonds. The van der Waals surface area contributed by atoms with Crippen LogP contribution in [0.2, 0.25) is 0 Å². The maximum atomic E-state index is 12.3. The first kappa shape index (κ1) is 16.1. The van der Waals surface area contributed by atoms with Crippen molar-refractivity contribution < 1.29 is 14.3 Å². The molecule has 2 aromatic rings. The molecule has 0 aliphatic rings. The number of aromatic amines is 2. The summed E-state index contributed by atoms with van der Waals surface area (Å²) in [6.45, 7) is 5.48. The number of ether oxygens (including phenoxy) is 1. The SMILES string of the molecule is CCOC(=O)c1c(C)[nH]c(C(=O)CSc2n[nH]c(N)n2)c1C. The number of aryl methyl sites for hydroxylation is 1. The van der Waals surface area contributed by atoms with Crippen LogP contribution in [0.5, 0.6) is 0 Å². The molecule has 0 fully saturated rings. The third kappa shape index (κ3) is 3.30. The number of nitrogens with two attached hydrogens (primary N) is 1. The minimum Gasteiger partial charge on any atom is -0.462 e. The normalized spacial score (nSPS) is 10.7. The van der Waals surface area contributed by atoms with Crippen LogP contribution in [-0.2, 0) is 4.74 Å². The average Bonchev–Trinajstić information content (AvgIpc) is 3.00. The van der Waals surface area contributed by atoms with Gasteiger partial charge >= 0.3 is 5.97 Å². The van der Waals surface area contributed by atoms with Crippen molar-refractivity contribution in [2.45, 2.75) is 25.9 Å². The van der Waals surface area contributed by atoms with E-state index < -0.39 is 5.97 Å². The van der Waals surface area contributed by atoms with E-state index in [2.05, 4.69) is 20.2 Å². The molecule has 0 atom stereocenters. The summed E-state index contributed by atoms with van der Waals surface area (Å²) >= 11 is 1.17. The number of nitrogen functional groups attached to an aromatic ring is 1. The molecule has 2 aromatic heterocycles. The molecule has 0 saturated heterocycles. The van der Waals surface area contributed by atoms with E-state index in [0.717, 1.165) is 0 Å². The molecule has 0 aliphatic carbocycles. The molecular weight excluding hydrogens is 306 g/mol. The lowest BCUT2D eigenvalue weighted by molar-refractivity contribution is 0.0525. The number of esters is 1. The number of hydrogen-bond donors (Lipinski definition) is 3. The predicted octanol–water partition coefficient (Wildman–Crippen LogP) is 1.48. The number of thioether (sulfide) groups is 1. The van der Waals surface area contributed by atoms with E-state index in [4.69, 9.17) is 10.5 Å². The zero-order valence-electron chi connectivity index (χ0n) is 12.5. The maximum Gasteiger partial charge on any atom is 0.340 e. The number of H-pyrrole nitrogens is 2. The van der Waals surface area contributed by atoms with Crippen molar-refractivity contribution in [3.8, 4) is 0 Å². The summed E-state index contributed by atoms with van der Waals surface area (Å²) in [4.78, 5) is 31.1. The summed E-state index contributed by atoms with van der Waals surface area (Å²) in [6, 6.07) is 0. The summed E-state index contributed by atoms with van der Waals surface area (Å²) < 4.78 is 5.00. The van der Waals surface area contributed by atoms with E-state index in [1.165, 1.54) is 11.8 Å². The van der Waals surface area contributed by atoms with Gasteiger partial charge in [-0.2, -0.15) is 4.98 Å². The second-order valence-electron chi connectivity index (χ2n) is 4.56. The van der Waals surface area contributed by atoms with Crippen molar-refractivity contribution in [1.29, 1.82) is 0 Å². The van der Waals surface area contributed by atoms with Crippen LogP contribution in [0.4, 0.5) is 5.95 Å². The predicted molar refractivity (Wildman–Crippen MR) is 82.1 cm³/mol. The highest BCUT2D eigenvalue weighted by Crippen LogP contribution is 2.22. The first-order valence-corrected chi connectivity index (χ1v) is 7.62. The lowest BCUT2D eigenvalue weighted by Crippen LogP contribution is -2.08.